The summed E-state index contributed by atoms with van der Waals surface area (Å²) in [6.07, 6.45) is 6.76. The summed E-state index contributed by atoms with van der Waals surface area (Å²) in [4.78, 5) is 33.9. The van der Waals surface area contributed by atoms with Gasteiger partial charge in [0.1, 0.15) is 22.7 Å². The standard InChI is InChI=1S/C23H23N5O3S/c1-30-18-8-15-11-24-10-14(15)7-17(18)27-21-20-16-4-3-13(23(29)28-5-2-6-31-28)9-19(16)32-22(20)26-12-25-21/h7-8,10,12-13H,2-6,9,11H2,1H3,(H,25,26,27)/t13-/m0/s1. The number of nitrogens with zero attached hydrogens (tertiary/aromatic N) is 4. The molecule has 1 amide bonds. The number of hydroxylamine groups is 2. The first-order valence-corrected chi connectivity index (χ1v) is 11.7. The molecule has 3 aliphatic rings. The van der Waals surface area contributed by atoms with Gasteiger partial charge in [0, 0.05) is 17.0 Å². The van der Waals surface area contributed by atoms with Crippen LogP contribution in [-0.2, 0) is 29.0 Å². The lowest BCUT2D eigenvalue weighted by Crippen LogP contribution is -2.35. The molecule has 8 nitrogen and oxygen atoms in total. The molecule has 0 unspecified atom stereocenters. The summed E-state index contributed by atoms with van der Waals surface area (Å²) in [6.45, 7) is 2.01. The molecule has 164 valence electrons. The molecule has 0 saturated carbocycles. The predicted octanol–water partition coefficient (Wildman–Crippen LogP) is 3.64. The summed E-state index contributed by atoms with van der Waals surface area (Å²) in [5.74, 6) is 1.61. The second kappa shape index (κ2) is 7.83. The third-order valence-corrected chi connectivity index (χ3v) is 7.56. The molecule has 1 N–H and O–H groups in total. The van der Waals surface area contributed by atoms with Crippen LogP contribution in [0.15, 0.2) is 23.5 Å². The molecule has 1 aromatic carbocycles. The third kappa shape index (κ3) is 3.23. The number of aryl methyl sites for hydroxylation is 1. The van der Waals surface area contributed by atoms with Crippen molar-refractivity contribution in [3.8, 4) is 5.75 Å². The van der Waals surface area contributed by atoms with Gasteiger partial charge in [-0.25, -0.2) is 15.0 Å². The van der Waals surface area contributed by atoms with E-state index in [1.807, 2.05) is 12.3 Å². The van der Waals surface area contributed by atoms with E-state index >= 15 is 0 Å². The number of carbonyl (C=O) groups excluding carboxylic acids is 1. The molecule has 0 spiro atoms. The first-order valence-electron chi connectivity index (χ1n) is 10.9. The molecule has 2 aromatic heterocycles. The van der Waals surface area contributed by atoms with E-state index in [0.29, 0.717) is 19.7 Å². The Balaban J connectivity index is 1.33. The number of rotatable bonds is 4. The topological polar surface area (TPSA) is 88.9 Å². The minimum Gasteiger partial charge on any atom is -0.495 e. The zero-order valence-electron chi connectivity index (χ0n) is 17.8. The smallest absolute Gasteiger partial charge is 0.249 e. The Labute approximate surface area is 189 Å². The molecule has 0 radical (unpaired) electrons. The van der Waals surface area contributed by atoms with E-state index in [0.717, 1.165) is 64.3 Å². The van der Waals surface area contributed by atoms with Crippen LogP contribution in [0.5, 0.6) is 5.75 Å². The van der Waals surface area contributed by atoms with Crippen LogP contribution in [0.25, 0.3) is 10.2 Å². The molecular formula is C23H23N5O3S. The lowest BCUT2D eigenvalue weighted by atomic mass is 9.87. The Kier molecular flexibility index (Phi) is 4.80. The Bertz CT molecular complexity index is 1250. The number of amides is 1. The number of thiophene rings is 1. The van der Waals surface area contributed by atoms with Crippen LogP contribution in [0.2, 0.25) is 0 Å². The van der Waals surface area contributed by atoms with Crippen molar-refractivity contribution in [3.05, 3.63) is 40.0 Å². The summed E-state index contributed by atoms with van der Waals surface area (Å²) in [5.41, 5.74) is 4.36. The van der Waals surface area contributed by atoms with E-state index in [-0.39, 0.29) is 11.8 Å². The van der Waals surface area contributed by atoms with Crippen LogP contribution in [-0.4, -0.2) is 47.4 Å². The number of carbonyl (C=O) groups is 1. The lowest BCUT2D eigenvalue weighted by molar-refractivity contribution is -0.173. The Morgan fingerprint density at radius 2 is 2.28 bits per heavy atom. The average Bonchev–Trinajstić information content (AvgIpc) is 3.56. The van der Waals surface area contributed by atoms with Crippen molar-refractivity contribution in [2.24, 2.45) is 10.9 Å². The molecule has 2 aliphatic heterocycles. The van der Waals surface area contributed by atoms with Crippen molar-refractivity contribution in [2.45, 2.75) is 32.2 Å². The zero-order chi connectivity index (χ0) is 21.7. The number of fused-ring (bicyclic) bond motifs is 4. The van der Waals surface area contributed by atoms with E-state index in [2.05, 4.69) is 26.3 Å². The van der Waals surface area contributed by atoms with Gasteiger partial charge in [0.25, 0.3) is 0 Å². The monoisotopic (exact) mass is 449 g/mol. The maximum absolute atomic E-state index is 12.8. The Morgan fingerprint density at radius 1 is 1.34 bits per heavy atom. The minimum atomic E-state index is -0.0332. The number of hydrogen-bond acceptors (Lipinski definition) is 8. The van der Waals surface area contributed by atoms with Gasteiger partial charge in [-0.05, 0) is 54.5 Å². The molecule has 1 saturated heterocycles. The number of ether oxygens (including phenoxy) is 1. The molecule has 32 heavy (non-hydrogen) atoms. The first kappa shape index (κ1) is 19.6. The number of nitrogens with one attached hydrogen (secondary N) is 1. The van der Waals surface area contributed by atoms with E-state index in [4.69, 9.17) is 9.57 Å². The number of benzene rings is 1. The van der Waals surface area contributed by atoms with Crippen LogP contribution < -0.4 is 10.1 Å². The predicted molar refractivity (Wildman–Crippen MR) is 123 cm³/mol. The fourth-order valence-corrected chi connectivity index (χ4v) is 6.04. The van der Waals surface area contributed by atoms with Crippen molar-refractivity contribution in [3.63, 3.8) is 0 Å². The van der Waals surface area contributed by atoms with Gasteiger partial charge in [-0.15, -0.1) is 11.3 Å². The van der Waals surface area contributed by atoms with Crippen molar-refractivity contribution >= 4 is 45.2 Å². The number of hydrogen-bond donors (Lipinski definition) is 1. The maximum Gasteiger partial charge on any atom is 0.249 e. The van der Waals surface area contributed by atoms with E-state index in [1.165, 1.54) is 10.4 Å². The van der Waals surface area contributed by atoms with Crippen LogP contribution in [0.3, 0.4) is 0 Å². The Hall–Kier alpha value is -3.04. The van der Waals surface area contributed by atoms with Gasteiger partial charge < -0.3 is 10.1 Å². The van der Waals surface area contributed by atoms with E-state index in [9.17, 15) is 4.79 Å². The van der Waals surface area contributed by atoms with Gasteiger partial charge in [-0.1, -0.05) is 0 Å². The summed E-state index contributed by atoms with van der Waals surface area (Å²) in [5, 5.41) is 6.09. The molecule has 1 fully saturated rings. The second-order valence-electron chi connectivity index (χ2n) is 8.32. The highest BCUT2D eigenvalue weighted by molar-refractivity contribution is 7.19. The molecule has 3 aromatic rings. The molecule has 0 bridgehead atoms. The van der Waals surface area contributed by atoms with E-state index < -0.39 is 0 Å². The van der Waals surface area contributed by atoms with Crippen LogP contribution in [0.4, 0.5) is 11.5 Å². The van der Waals surface area contributed by atoms with Crippen LogP contribution >= 0.6 is 11.3 Å². The second-order valence-corrected chi connectivity index (χ2v) is 9.40. The van der Waals surface area contributed by atoms with Crippen molar-refractivity contribution in [2.75, 3.05) is 25.6 Å². The first-order chi connectivity index (χ1) is 15.7. The SMILES string of the molecule is COc1cc2c(cc1Nc1ncnc3sc4c(c13)CC[C@H](C(=O)N1CCCO1)C4)C=NC2. The third-order valence-electron chi connectivity index (χ3n) is 6.40. The number of aliphatic imine (C=N–C) groups is 1. The molecule has 9 heteroatoms. The number of anilines is 2. The van der Waals surface area contributed by atoms with Crippen LogP contribution in [0.1, 0.15) is 34.4 Å². The van der Waals surface area contributed by atoms with Crippen molar-refractivity contribution in [1.82, 2.24) is 15.0 Å². The molecular weight excluding hydrogens is 426 g/mol. The van der Waals surface area contributed by atoms with Crippen LogP contribution in [0, 0.1) is 5.92 Å². The molecule has 4 heterocycles. The van der Waals surface area contributed by atoms with Gasteiger partial charge in [0.2, 0.25) is 5.91 Å². The van der Waals surface area contributed by atoms with Gasteiger partial charge in [0.05, 0.1) is 37.9 Å². The molecule has 6 rings (SSSR count). The number of methoxy groups -OCH3 is 1. The largest absolute Gasteiger partial charge is 0.495 e. The fraction of sp³-hybridized carbons (Fsp3) is 0.391. The Morgan fingerprint density at radius 3 is 3.12 bits per heavy atom. The van der Waals surface area contributed by atoms with Gasteiger partial charge >= 0.3 is 0 Å². The minimum absolute atomic E-state index is 0.0332. The summed E-state index contributed by atoms with van der Waals surface area (Å²) < 4.78 is 5.63. The van der Waals surface area contributed by atoms with Gasteiger partial charge in [-0.2, -0.15) is 0 Å². The van der Waals surface area contributed by atoms with Crippen molar-refractivity contribution in [1.29, 1.82) is 0 Å². The normalized spacial score (nSPS) is 19.3. The molecule has 1 atom stereocenters. The lowest BCUT2D eigenvalue weighted by Gasteiger charge is -2.25. The van der Waals surface area contributed by atoms with E-state index in [1.54, 1.807) is 29.8 Å². The highest BCUT2D eigenvalue weighted by Crippen LogP contribution is 2.42. The summed E-state index contributed by atoms with van der Waals surface area (Å²) in [7, 11) is 1.67. The average molecular weight is 450 g/mol. The van der Waals surface area contributed by atoms with Crippen molar-refractivity contribution < 1.29 is 14.4 Å². The fourth-order valence-electron chi connectivity index (χ4n) is 4.77. The number of aromatic nitrogens is 2. The van der Waals surface area contributed by atoms with Gasteiger partial charge in [-0.3, -0.25) is 14.6 Å². The maximum atomic E-state index is 12.8. The summed E-state index contributed by atoms with van der Waals surface area (Å²) in [6, 6.07) is 4.09. The zero-order valence-corrected chi connectivity index (χ0v) is 18.6. The van der Waals surface area contributed by atoms with Gasteiger partial charge in [0.15, 0.2) is 0 Å². The highest BCUT2D eigenvalue weighted by Gasteiger charge is 2.33. The highest BCUT2D eigenvalue weighted by atomic mass is 32.1. The summed E-state index contributed by atoms with van der Waals surface area (Å²) >= 11 is 1.66. The quantitative estimate of drug-likeness (QED) is 0.654. The molecule has 1 aliphatic carbocycles.